The highest BCUT2D eigenvalue weighted by Gasteiger charge is 2.26. The van der Waals surface area contributed by atoms with E-state index in [2.05, 4.69) is 81.7 Å². The van der Waals surface area contributed by atoms with Crippen molar-refractivity contribution in [2.75, 3.05) is 17.2 Å². The second kappa shape index (κ2) is 6.62. The molecule has 1 aromatic carbocycles. The van der Waals surface area contributed by atoms with Crippen LogP contribution < -0.4 is 10.2 Å². The largest absolute Gasteiger partial charge is 0.367 e. The van der Waals surface area contributed by atoms with Gasteiger partial charge in [-0.2, -0.15) is 11.8 Å². The van der Waals surface area contributed by atoms with Crippen LogP contribution in [0.5, 0.6) is 0 Å². The number of hydrogen-bond acceptors (Lipinski definition) is 3. The van der Waals surface area contributed by atoms with E-state index in [1.54, 1.807) is 0 Å². The number of nitrogens with zero attached hydrogens (tertiary/aromatic N) is 1. The Morgan fingerprint density at radius 1 is 1.29 bits per heavy atom. The SMILES string of the molecule is Cc1cc(CNC(C)(C)C)ccc1N1CCSC(C)C1C. The van der Waals surface area contributed by atoms with E-state index < -0.39 is 0 Å². The normalized spacial score (nSPS) is 23.4. The maximum absolute atomic E-state index is 3.56. The predicted octanol–water partition coefficient (Wildman–Crippen LogP) is 4.21. The summed E-state index contributed by atoms with van der Waals surface area (Å²) in [7, 11) is 0. The van der Waals surface area contributed by atoms with E-state index in [9.17, 15) is 0 Å². The Kier molecular flexibility index (Phi) is 5.26. The van der Waals surface area contributed by atoms with Gasteiger partial charge in [0, 0.05) is 41.4 Å². The van der Waals surface area contributed by atoms with Crippen molar-refractivity contribution in [2.45, 2.75) is 64.9 Å². The lowest BCUT2D eigenvalue weighted by Gasteiger charge is -2.40. The molecule has 0 bridgehead atoms. The summed E-state index contributed by atoms with van der Waals surface area (Å²) in [5.41, 5.74) is 4.35. The van der Waals surface area contributed by atoms with E-state index in [4.69, 9.17) is 0 Å². The van der Waals surface area contributed by atoms with Gasteiger partial charge in [0.2, 0.25) is 0 Å². The molecule has 3 heteroatoms. The number of thioether (sulfide) groups is 1. The fraction of sp³-hybridized carbons (Fsp3) is 0.667. The zero-order chi connectivity index (χ0) is 15.6. The van der Waals surface area contributed by atoms with Crippen molar-refractivity contribution in [1.82, 2.24) is 5.32 Å². The maximum atomic E-state index is 3.56. The lowest BCUT2D eigenvalue weighted by Crippen LogP contribution is -2.45. The van der Waals surface area contributed by atoms with Gasteiger partial charge in [-0.1, -0.05) is 19.1 Å². The van der Waals surface area contributed by atoms with Gasteiger partial charge in [-0.15, -0.1) is 0 Å². The molecule has 0 aromatic heterocycles. The van der Waals surface area contributed by atoms with Crippen molar-refractivity contribution in [3.05, 3.63) is 29.3 Å². The molecule has 0 aliphatic carbocycles. The highest BCUT2D eigenvalue weighted by molar-refractivity contribution is 8.00. The molecule has 0 radical (unpaired) electrons. The lowest BCUT2D eigenvalue weighted by atomic mass is 10.0. The molecular weight excluding hydrogens is 276 g/mol. The van der Waals surface area contributed by atoms with Gasteiger partial charge in [0.25, 0.3) is 0 Å². The van der Waals surface area contributed by atoms with Crippen LogP contribution in [0.15, 0.2) is 18.2 Å². The summed E-state index contributed by atoms with van der Waals surface area (Å²) in [6.45, 7) is 15.7. The van der Waals surface area contributed by atoms with Gasteiger partial charge < -0.3 is 10.2 Å². The first kappa shape index (κ1) is 16.7. The van der Waals surface area contributed by atoms with Gasteiger partial charge in [-0.3, -0.25) is 0 Å². The summed E-state index contributed by atoms with van der Waals surface area (Å²) in [4.78, 5) is 2.58. The zero-order valence-electron chi connectivity index (χ0n) is 14.4. The second-order valence-corrected chi connectivity index (χ2v) is 8.72. The Balaban J connectivity index is 2.12. The van der Waals surface area contributed by atoms with E-state index in [-0.39, 0.29) is 5.54 Å². The van der Waals surface area contributed by atoms with Crippen LogP contribution in [-0.2, 0) is 6.54 Å². The fourth-order valence-electron chi connectivity index (χ4n) is 2.79. The van der Waals surface area contributed by atoms with Crippen LogP contribution in [-0.4, -0.2) is 29.1 Å². The molecule has 2 atom stereocenters. The molecule has 1 heterocycles. The van der Waals surface area contributed by atoms with E-state index in [0.29, 0.717) is 11.3 Å². The fourth-order valence-corrected chi connectivity index (χ4v) is 3.89. The summed E-state index contributed by atoms with van der Waals surface area (Å²) < 4.78 is 0. The van der Waals surface area contributed by atoms with E-state index in [1.165, 1.54) is 22.6 Å². The van der Waals surface area contributed by atoms with E-state index >= 15 is 0 Å². The molecule has 1 saturated heterocycles. The minimum atomic E-state index is 0.167. The first-order chi connectivity index (χ1) is 9.78. The molecule has 0 spiro atoms. The van der Waals surface area contributed by atoms with Crippen molar-refractivity contribution in [1.29, 1.82) is 0 Å². The zero-order valence-corrected chi connectivity index (χ0v) is 15.2. The van der Waals surface area contributed by atoms with Crippen molar-refractivity contribution >= 4 is 17.4 Å². The average Bonchev–Trinajstić information content (AvgIpc) is 2.39. The lowest BCUT2D eigenvalue weighted by molar-refractivity contribution is 0.424. The Bertz CT molecular complexity index is 479. The average molecular weight is 307 g/mol. The predicted molar refractivity (Wildman–Crippen MR) is 96.5 cm³/mol. The maximum Gasteiger partial charge on any atom is 0.0399 e. The van der Waals surface area contributed by atoms with Crippen LogP contribution in [0.25, 0.3) is 0 Å². The van der Waals surface area contributed by atoms with Crippen molar-refractivity contribution in [2.24, 2.45) is 0 Å². The van der Waals surface area contributed by atoms with Gasteiger partial charge in [-0.05, 0) is 51.8 Å². The van der Waals surface area contributed by atoms with Crippen LogP contribution in [0.2, 0.25) is 0 Å². The first-order valence-corrected chi connectivity index (χ1v) is 9.05. The topological polar surface area (TPSA) is 15.3 Å². The van der Waals surface area contributed by atoms with Crippen molar-refractivity contribution < 1.29 is 0 Å². The Hall–Kier alpha value is -0.670. The Labute approximate surface area is 134 Å². The molecular formula is C18H30N2S. The number of benzene rings is 1. The van der Waals surface area contributed by atoms with Gasteiger partial charge in [0.05, 0.1) is 0 Å². The minimum absolute atomic E-state index is 0.167. The van der Waals surface area contributed by atoms with Crippen molar-refractivity contribution in [3.8, 4) is 0 Å². The quantitative estimate of drug-likeness (QED) is 0.900. The number of aryl methyl sites for hydroxylation is 1. The van der Waals surface area contributed by atoms with Crippen LogP contribution >= 0.6 is 11.8 Å². The summed E-state index contributed by atoms with van der Waals surface area (Å²) in [6, 6.07) is 7.54. The third-order valence-electron chi connectivity index (χ3n) is 4.28. The highest BCUT2D eigenvalue weighted by atomic mass is 32.2. The summed E-state index contributed by atoms with van der Waals surface area (Å²) >= 11 is 2.09. The van der Waals surface area contributed by atoms with Crippen LogP contribution in [0.3, 0.4) is 0 Å². The van der Waals surface area contributed by atoms with E-state index in [1.807, 2.05) is 0 Å². The molecule has 1 aliphatic rings. The Morgan fingerprint density at radius 2 is 2.00 bits per heavy atom. The smallest absolute Gasteiger partial charge is 0.0399 e. The molecule has 21 heavy (non-hydrogen) atoms. The Morgan fingerprint density at radius 3 is 2.62 bits per heavy atom. The molecule has 0 saturated carbocycles. The second-order valence-electron chi connectivity index (χ2n) is 7.23. The number of hydrogen-bond donors (Lipinski definition) is 1. The number of rotatable bonds is 3. The van der Waals surface area contributed by atoms with Gasteiger partial charge >= 0.3 is 0 Å². The number of nitrogens with one attached hydrogen (secondary N) is 1. The third kappa shape index (κ3) is 4.40. The summed E-state index contributed by atoms with van der Waals surface area (Å²) in [6.07, 6.45) is 0. The standard InChI is InChI=1S/C18H30N2S/c1-13-11-16(12-19-18(4,5)6)7-8-17(13)20-9-10-21-15(3)14(20)2/h7-8,11,14-15,19H,9-10,12H2,1-6H3. The van der Waals surface area contributed by atoms with Crippen LogP contribution in [0, 0.1) is 6.92 Å². The molecule has 1 aliphatic heterocycles. The van der Waals surface area contributed by atoms with Crippen molar-refractivity contribution in [3.63, 3.8) is 0 Å². The van der Waals surface area contributed by atoms with Gasteiger partial charge in [-0.25, -0.2) is 0 Å². The van der Waals surface area contributed by atoms with Gasteiger partial charge in [0.15, 0.2) is 0 Å². The van der Waals surface area contributed by atoms with Crippen LogP contribution in [0.4, 0.5) is 5.69 Å². The molecule has 1 aromatic rings. The molecule has 1 N–H and O–H groups in total. The third-order valence-corrected chi connectivity index (χ3v) is 5.62. The van der Waals surface area contributed by atoms with E-state index in [0.717, 1.165) is 13.1 Å². The first-order valence-electron chi connectivity index (χ1n) is 8.01. The molecule has 2 unspecified atom stereocenters. The number of anilines is 1. The van der Waals surface area contributed by atoms with Crippen LogP contribution in [0.1, 0.15) is 45.7 Å². The summed E-state index contributed by atoms with van der Waals surface area (Å²) in [5, 5.41) is 4.27. The minimum Gasteiger partial charge on any atom is -0.367 e. The monoisotopic (exact) mass is 306 g/mol. The molecule has 0 amide bonds. The molecule has 2 nitrogen and oxygen atoms in total. The molecule has 1 fully saturated rings. The highest BCUT2D eigenvalue weighted by Crippen LogP contribution is 2.31. The summed E-state index contributed by atoms with van der Waals surface area (Å²) in [5.74, 6) is 1.23. The molecule has 118 valence electrons. The van der Waals surface area contributed by atoms with Gasteiger partial charge in [0.1, 0.15) is 0 Å². The molecule has 2 rings (SSSR count).